The molecule has 178 valence electrons. The summed E-state index contributed by atoms with van der Waals surface area (Å²) in [5.74, 6) is -0.554. The first-order valence-electron chi connectivity index (χ1n) is 10.7. The lowest BCUT2D eigenvalue weighted by Crippen LogP contribution is -2.23. The van der Waals surface area contributed by atoms with Crippen LogP contribution in [0.1, 0.15) is 46.5 Å². The fourth-order valence-corrected chi connectivity index (χ4v) is 4.07. The van der Waals surface area contributed by atoms with Gasteiger partial charge in [-0.05, 0) is 42.7 Å². The number of fused-ring (bicyclic) bond motifs is 1. The second-order valence-electron chi connectivity index (χ2n) is 8.43. The molecule has 0 bridgehead atoms. The second kappa shape index (κ2) is 10.1. The average Bonchev–Trinajstić information content (AvgIpc) is 3.12. The predicted molar refractivity (Wildman–Crippen MR) is 130 cm³/mol. The molecule has 0 spiro atoms. The van der Waals surface area contributed by atoms with Gasteiger partial charge >= 0.3 is 0 Å². The Morgan fingerprint density at radius 1 is 1.21 bits per heavy atom. The molecule has 34 heavy (non-hydrogen) atoms. The summed E-state index contributed by atoms with van der Waals surface area (Å²) in [6, 6.07) is 10.3. The number of pyridine rings is 1. The fraction of sp³-hybridized carbons (Fsp3) is 0.269. The number of halogens is 2. The van der Waals surface area contributed by atoms with Gasteiger partial charge in [0, 0.05) is 61.1 Å². The standard InChI is InChI=1S/C25H25FN4O2.CH3F/c1-25(2,32)21-7-6-18(20(11-28-3)23(21)27)15-4-5-17(22(26)10-15)14-30-13-16-8-9-29-12-19(16)24(30)31;1-2/h4-12,32H,13-14,27H2,1-3H3;1H3. The van der Waals surface area contributed by atoms with Gasteiger partial charge in [0.05, 0.1) is 18.3 Å². The minimum absolute atomic E-state index is 0.145. The van der Waals surface area contributed by atoms with E-state index in [4.69, 9.17) is 5.73 Å². The molecule has 8 heteroatoms. The molecular weight excluding hydrogens is 438 g/mol. The molecular formula is C26H28F2N4O2. The highest BCUT2D eigenvalue weighted by Gasteiger charge is 2.28. The first kappa shape index (κ1) is 25.0. The van der Waals surface area contributed by atoms with Crippen LogP contribution in [-0.2, 0) is 18.7 Å². The molecule has 6 nitrogen and oxygen atoms in total. The van der Waals surface area contributed by atoms with Crippen molar-refractivity contribution in [3.05, 3.63) is 82.4 Å². The zero-order chi connectivity index (χ0) is 25.0. The van der Waals surface area contributed by atoms with Gasteiger partial charge in [0.15, 0.2) is 0 Å². The molecule has 0 atom stereocenters. The number of alkyl halides is 1. The van der Waals surface area contributed by atoms with Crippen LogP contribution in [-0.4, -0.2) is 41.3 Å². The molecule has 0 fully saturated rings. The largest absolute Gasteiger partial charge is 0.398 e. The SMILES string of the molecule is CF.CN=Cc1c(-c2ccc(CN3Cc4ccncc4C3=O)c(F)c2)ccc(C(C)(C)O)c1N. The maximum Gasteiger partial charge on any atom is 0.256 e. The third kappa shape index (κ3) is 4.82. The van der Waals surface area contributed by atoms with Gasteiger partial charge < -0.3 is 15.7 Å². The monoisotopic (exact) mass is 466 g/mol. The number of carbonyl (C=O) groups excluding carboxylic acids is 1. The molecule has 2 aromatic carbocycles. The summed E-state index contributed by atoms with van der Waals surface area (Å²) in [6.45, 7) is 3.92. The van der Waals surface area contributed by atoms with Gasteiger partial charge in [-0.3, -0.25) is 19.2 Å². The van der Waals surface area contributed by atoms with Crippen LogP contribution in [0.25, 0.3) is 11.1 Å². The van der Waals surface area contributed by atoms with Crippen molar-refractivity contribution in [3.63, 3.8) is 0 Å². The number of hydrogen-bond acceptors (Lipinski definition) is 5. The average molecular weight is 467 g/mol. The molecule has 4 rings (SSSR count). The summed E-state index contributed by atoms with van der Waals surface area (Å²) < 4.78 is 24.6. The van der Waals surface area contributed by atoms with Crippen LogP contribution < -0.4 is 5.73 Å². The number of amides is 1. The van der Waals surface area contributed by atoms with E-state index in [-0.39, 0.29) is 12.5 Å². The van der Waals surface area contributed by atoms with Gasteiger partial charge in [0.25, 0.3) is 5.91 Å². The van der Waals surface area contributed by atoms with Gasteiger partial charge in [0.2, 0.25) is 0 Å². The number of nitrogens with two attached hydrogens (primary N) is 1. The van der Waals surface area contributed by atoms with Crippen molar-refractivity contribution in [2.75, 3.05) is 20.0 Å². The van der Waals surface area contributed by atoms with Gasteiger partial charge in [-0.2, -0.15) is 0 Å². The highest BCUT2D eigenvalue weighted by atomic mass is 19.1. The molecule has 0 saturated heterocycles. The van der Waals surface area contributed by atoms with Gasteiger partial charge in [0.1, 0.15) is 5.82 Å². The third-order valence-corrected chi connectivity index (χ3v) is 5.72. The Balaban J connectivity index is 0.00000158. The van der Waals surface area contributed by atoms with E-state index in [2.05, 4.69) is 9.98 Å². The Bertz CT molecular complexity index is 1240. The molecule has 0 saturated carbocycles. The zero-order valence-corrected chi connectivity index (χ0v) is 19.6. The summed E-state index contributed by atoms with van der Waals surface area (Å²) in [4.78, 5) is 22.3. The smallest absolute Gasteiger partial charge is 0.256 e. The zero-order valence-electron chi connectivity index (χ0n) is 19.6. The highest BCUT2D eigenvalue weighted by Crippen LogP contribution is 2.35. The Hall–Kier alpha value is -3.65. The third-order valence-electron chi connectivity index (χ3n) is 5.72. The summed E-state index contributed by atoms with van der Waals surface area (Å²) in [7, 11) is 2.13. The molecule has 0 aliphatic carbocycles. The summed E-state index contributed by atoms with van der Waals surface area (Å²) >= 11 is 0. The number of aromatic nitrogens is 1. The number of carbonyl (C=O) groups is 1. The molecule has 3 aromatic rings. The Kier molecular flexibility index (Phi) is 7.41. The van der Waals surface area contributed by atoms with Crippen LogP contribution in [0.4, 0.5) is 14.5 Å². The lowest BCUT2D eigenvalue weighted by atomic mass is 9.89. The maximum absolute atomic E-state index is 15.1. The van der Waals surface area contributed by atoms with E-state index in [1.165, 1.54) is 6.07 Å². The second-order valence-corrected chi connectivity index (χ2v) is 8.43. The lowest BCUT2D eigenvalue weighted by Gasteiger charge is -2.23. The Morgan fingerprint density at radius 2 is 1.94 bits per heavy atom. The van der Waals surface area contributed by atoms with Gasteiger partial charge in [-0.25, -0.2) is 4.39 Å². The van der Waals surface area contributed by atoms with Crippen LogP contribution in [0.3, 0.4) is 0 Å². The maximum atomic E-state index is 15.1. The van der Waals surface area contributed by atoms with E-state index >= 15 is 4.39 Å². The number of nitrogen functional groups attached to an aromatic ring is 1. The van der Waals surface area contributed by atoms with Crippen molar-refractivity contribution in [1.82, 2.24) is 9.88 Å². The summed E-state index contributed by atoms with van der Waals surface area (Å²) in [6.07, 6.45) is 4.81. The first-order valence-corrected chi connectivity index (χ1v) is 10.7. The molecule has 2 heterocycles. The van der Waals surface area contributed by atoms with Gasteiger partial charge in [-0.15, -0.1) is 0 Å². The normalized spacial score (nSPS) is 13.1. The molecule has 1 aromatic heterocycles. The van der Waals surface area contributed by atoms with Crippen molar-refractivity contribution in [3.8, 4) is 11.1 Å². The van der Waals surface area contributed by atoms with Crippen molar-refractivity contribution in [2.24, 2.45) is 4.99 Å². The highest BCUT2D eigenvalue weighted by molar-refractivity contribution is 5.98. The van der Waals surface area contributed by atoms with Crippen LogP contribution >= 0.6 is 0 Å². The van der Waals surface area contributed by atoms with E-state index in [9.17, 15) is 14.3 Å². The first-order chi connectivity index (χ1) is 16.2. The topological polar surface area (TPSA) is 91.8 Å². The number of nitrogens with zero attached hydrogens (tertiary/aromatic N) is 3. The van der Waals surface area contributed by atoms with Crippen molar-refractivity contribution < 1.29 is 18.7 Å². The summed E-state index contributed by atoms with van der Waals surface area (Å²) in [5.41, 5.74) is 10.0. The molecule has 1 aliphatic heterocycles. The Morgan fingerprint density at radius 3 is 2.56 bits per heavy atom. The van der Waals surface area contributed by atoms with Crippen LogP contribution in [0.2, 0.25) is 0 Å². The van der Waals surface area contributed by atoms with E-state index in [0.29, 0.717) is 52.8 Å². The van der Waals surface area contributed by atoms with Crippen LogP contribution in [0, 0.1) is 5.82 Å². The quantitative estimate of drug-likeness (QED) is 0.428. The number of anilines is 1. The van der Waals surface area contributed by atoms with Gasteiger partial charge in [-0.1, -0.05) is 24.3 Å². The molecule has 1 amide bonds. The molecule has 3 N–H and O–H groups in total. The minimum Gasteiger partial charge on any atom is -0.398 e. The number of hydrogen-bond donors (Lipinski definition) is 2. The molecule has 1 aliphatic rings. The predicted octanol–water partition coefficient (Wildman–Crippen LogP) is 4.49. The number of rotatable bonds is 5. The van der Waals surface area contributed by atoms with E-state index in [0.717, 1.165) is 5.56 Å². The van der Waals surface area contributed by atoms with Crippen LogP contribution in [0.15, 0.2) is 53.8 Å². The Labute approximate surface area is 197 Å². The van der Waals surface area contributed by atoms with E-state index in [1.807, 2.05) is 12.1 Å². The van der Waals surface area contributed by atoms with Crippen LogP contribution in [0.5, 0.6) is 0 Å². The molecule has 0 radical (unpaired) electrons. The number of benzene rings is 2. The minimum atomic E-state index is -1.12. The van der Waals surface area contributed by atoms with Crippen molar-refractivity contribution >= 4 is 17.8 Å². The summed E-state index contributed by atoms with van der Waals surface area (Å²) in [5, 5.41) is 10.4. The van der Waals surface area contributed by atoms with Crippen molar-refractivity contribution in [2.45, 2.75) is 32.5 Å². The number of aliphatic hydroxyl groups is 1. The lowest BCUT2D eigenvalue weighted by molar-refractivity contribution is 0.0763. The van der Waals surface area contributed by atoms with E-state index < -0.39 is 11.4 Å². The fourth-order valence-electron chi connectivity index (χ4n) is 4.07. The number of aliphatic imine (C=N–C) groups is 1. The van der Waals surface area contributed by atoms with E-state index in [1.54, 1.807) is 62.6 Å². The molecule has 0 unspecified atom stereocenters. The van der Waals surface area contributed by atoms with Crippen molar-refractivity contribution in [1.29, 1.82) is 0 Å².